The summed E-state index contributed by atoms with van der Waals surface area (Å²) in [5, 5.41) is 14.2. The quantitative estimate of drug-likeness (QED) is 0.687. The van der Waals surface area contributed by atoms with Crippen molar-refractivity contribution in [2.45, 2.75) is 12.3 Å². The summed E-state index contributed by atoms with van der Waals surface area (Å²) in [5.41, 5.74) is 1.44. The highest BCUT2D eigenvalue weighted by atomic mass is 16.5. The highest BCUT2D eigenvalue weighted by Crippen LogP contribution is 2.15. The molecule has 0 fully saturated rings. The molecule has 6 nitrogen and oxygen atoms in total. The van der Waals surface area contributed by atoms with Gasteiger partial charge in [0, 0.05) is 22.9 Å². The lowest BCUT2D eigenvalue weighted by atomic mass is 10.0. The van der Waals surface area contributed by atoms with E-state index in [4.69, 9.17) is 0 Å². The second-order valence-electron chi connectivity index (χ2n) is 2.63. The minimum Gasteiger partial charge on any atom is -0.345 e. The molecule has 67 valence electrons. The Morgan fingerprint density at radius 3 is 2.62 bits per heavy atom. The second-order valence-corrected chi connectivity index (χ2v) is 2.63. The van der Waals surface area contributed by atoms with Gasteiger partial charge < -0.3 is 9.05 Å². The van der Waals surface area contributed by atoms with Gasteiger partial charge in [0.15, 0.2) is 0 Å². The maximum atomic E-state index is 4.59. The van der Waals surface area contributed by atoms with Crippen LogP contribution in [0, 0.1) is 6.92 Å². The van der Waals surface area contributed by atoms with E-state index in [-0.39, 0.29) is 5.92 Å². The summed E-state index contributed by atoms with van der Waals surface area (Å²) in [6.45, 7) is 3.88. The molecule has 0 saturated carbocycles. The zero-order chi connectivity index (χ0) is 9.10. The summed E-state index contributed by atoms with van der Waals surface area (Å²) in [7, 11) is 0. The number of hydrogen-bond donors (Lipinski definition) is 0. The molecule has 0 saturated heterocycles. The summed E-state index contributed by atoms with van der Waals surface area (Å²) < 4.78 is 9.18. The van der Waals surface area contributed by atoms with Gasteiger partial charge in [0.05, 0.1) is 0 Å². The molecule has 0 aliphatic carbocycles. The van der Waals surface area contributed by atoms with Crippen LogP contribution in [0.25, 0.3) is 0 Å². The lowest BCUT2D eigenvalue weighted by molar-refractivity contribution is 0.392. The van der Waals surface area contributed by atoms with Crippen LogP contribution in [0.4, 0.5) is 0 Å². The predicted octanol–water partition coefficient (Wildman–Crippen LogP) is 0.613. The van der Waals surface area contributed by atoms with Gasteiger partial charge in [-0.2, -0.15) is 0 Å². The number of rotatable bonds is 3. The monoisotopic (exact) mass is 179 g/mol. The van der Waals surface area contributed by atoms with Gasteiger partial charge >= 0.3 is 0 Å². The van der Waals surface area contributed by atoms with Crippen LogP contribution in [-0.4, -0.2) is 20.7 Å². The molecule has 0 bridgehead atoms. The first kappa shape index (κ1) is 7.90. The first-order valence-electron chi connectivity index (χ1n) is 3.72. The predicted molar refractivity (Wildman–Crippen MR) is 40.4 cm³/mol. The molecular formula is C7H7N4O2. The fourth-order valence-corrected chi connectivity index (χ4v) is 0.980. The van der Waals surface area contributed by atoms with E-state index in [1.165, 1.54) is 12.5 Å². The third-order valence-corrected chi connectivity index (χ3v) is 1.66. The SMILES string of the molecule is [CH2]C(Cc1conn1)c1conn1. The third kappa shape index (κ3) is 1.71. The Morgan fingerprint density at radius 1 is 1.23 bits per heavy atom. The van der Waals surface area contributed by atoms with Gasteiger partial charge in [-0.1, -0.05) is 0 Å². The fourth-order valence-electron chi connectivity index (χ4n) is 0.980. The Balaban J connectivity index is 2.04. The van der Waals surface area contributed by atoms with Gasteiger partial charge in [-0.25, -0.2) is 0 Å². The molecule has 2 aromatic rings. The molecule has 2 heterocycles. The van der Waals surface area contributed by atoms with Crippen molar-refractivity contribution in [3.63, 3.8) is 0 Å². The molecule has 2 rings (SSSR count). The number of hydrogen-bond acceptors (Lipinski definition) is 6. The average molecular weight is 179 g/mol. The summed E-state index contributed by atoms with van der Waals surface area (Å²) in [6, 6.07) is 0. The van der Waals surface area contributed by atoms with Crippen LogP contribution in [0.3, 0.4) is 0 Å². The van der Waals surface area contributed by atoms with E-state index in [0.29, 0.717) is 12.1 Å². The summed E-state index contributed by atoms with van der Waals surface area (Å²) in [4.78, 5) is 0. The van der Waals surface area contributed by atoms with Crippen LogP contribution in [-0.2, 0) is 6.42 Å². The van der Waals surface area contributed by atoms with E-state index in [1.54, 1.807) is 0 Å². The lowest BCUT2D eigenvalue weighted by Crippen LogP contribution is -1.99. The molecule has 0 N–H and O–H groups in total. The highest BCUT2D eigenvalue weighted by Gasteiger charge is 2.12. The first-order valence-corrected chi connectivity index (χ1v) is 3.72. The molecule has 0 amide bonds. The van der Waals surface area contributed by atoms with Crippen LogP contribution >= 0.6 is 0 Å². The standard InChI is InChI=1S/C7H7N4O2/c1-5(7-4-13-11-9-7)2-6-3-12-10-8-6/h3-5H,1-2H2. The number of nitrogens with zero attached hydrogens (tertiary/aromatic N) is 4. The molecule has 0 aliphatic rings. The maximum Gasteiger partial charge on any atom is 0.147 e. The highest BCUT2D eigenvalue weighted by molar-refractivity contribution is 5.06. The molecule has 2 aromatic heterocycles. The van der Waals surface area contributed by atoms with Gasteiger partial charge in [-0.15, -0.1) is 10.2 Å². The molecule has 1 atom stereocenters. The molecule has 0 spiro atoms. The molecule has 1 unspecified atom stereocenters. The third-order valence-electron chi connectivity index (χ3n) is 1.66. The van der Waals surface area contributed by atoms with Gasteiger partial charge in [0.25, 0.3) is 0 Å². The van der Waals surface area contributed by atoms with Crippen molar-refractivity contribution in [1.29, 1.82) is 0 Å². The van der Waals surface area contributed by atoms with Gasteiger partial charge in [0.1, 0.15) is 23.9 Å². The first-order chi connectivity index (χ1) is 6.36. The smallest absolute Gasteiger partial charge is 0.147 e. The van der Waals surface area contributed by atoms with E-state index in [0.717, 1.165) is 5.69 Å². The van der Waals surface area contributed by atoms with Crippen molar-refractivity contribution in [1.82, 2.24) is 20.7 Å². The van der Waals surface area contributed by atoms with Crippen LogP contribution in [0.5, 0.6) is 0 Å². The van der Waals surface area contributed by atoms with E-state index in [1.807, 2.05) is 0 Å². The molecule has 13 heavy (non-hydrogen) atoms. The number of aromatic nitrogens is 4. The normalized spacial score (nSPS) is 13.0. The second kappa shape index (κ2) is 3.34. The van der Waals surface area contributed by atoms with E-state index >= 15 is 0 Å². The Hall–Kier alpha value is -1.72. The van der Waals surface area contributed by atoms with Crippen molar-refractivity contribution < 1.29 is 9.05 Å². The molecule has 6 heteroatoms. The zero-order valence-corrected chi connectivity index (χ0v) is 6.75. The summed E-state index contributed by atoms with van der Waals surface area (Å²) in [6.07, 6.45) is 3.55. The van der Waals surface area contributed by atoms with E-state index in [9.17, 15) is 0 Å². The molecule has 0 aromatic carbocycles. The van der Waals surface area contributed by atoms with Crippen LogP contribution in [0.1, 0.15) is 17.3 Å². The molecular weight excluding hydrogens is 172 g/mol. The minimum absolute atomic E-state index is 0.0434. The van der Waals surface area contributed by atoms with Crippen LogP contribution in [0.15, 0.2) is 21.6 Å². The topological polar surface area (TPSA) is 77.8 Å². The average Bonchev–Trinajstić information content (AvgIpc) is 2.74. The van der Waals surface area contributed by atoms with E-state index in [2.05, 4.69) is 36.7 Å². The fraction of sp³-hybridized carbons (Fsp3) is 0.286. The minimum atomic E-state index is -0.0434. The lowest BCUT2D eigenvalue weighted by Gasteiger charge is -2.01. The van der Waals surface area contributed by atoms with Crippen LogP contribution in [0.2, 0.25) is 0 Å². The Bertz CT molecular complexity index is 342. The van der Waals surface area contributed by atoms with Crippen molar-refractivity contribution in [3.8, 4) is 0 Å². The maximum absolute atomic E-state index is 4.59. The van der Waals surface area contributed by atoms with Crippen LogP contribution < -0.4 is 0 Å². The van der Waals surface area contributed by atoms with Gasteiger partial charge in [-0.3, -0.25) is 0 Å². The summed E-state index contributed by atoms with van der Waals surface area (Å²) >= 11 is 0. The van der Waals surface area contributed by atoms with Crippen molar-refractivity contribution in [2.24, 2.45) is 0 Å². The largest absolute Gasteiger partial charge is 0.345 e. The van der Waals surface area contributed by atoms with Gasteiger partial charge in [0.2, 0.25) is 0 Å². The van der Waals surface area contributed by atoms with E-state index < -0.39 is 0 Å². The van der Waals surface area contributed by atoms with Crippen molar-refractivity contribution in [2.75, 3.05) is 0 Å². The molecule has 1 radical (unpaired) electrons. The summed E-state index contributed by atoms with van der Waals surface area (Å²) in [5.74, 6) is -0.0434. The Labute approximate surface area is 73.9 Å². The van der Waals surface area contributed by atoms with Crippen molar-refractivity contribution >= 4 is 0 Å². The molecule has 0 aliphatic heterocycles. The van der Waals surface area contributed by atoms with Crippen molar-refractivity contribution in [3.05, 3.63) is 30.8 Å². The Morgan fingerprint density at radius 2 is 2.00 bits per heavy atom. The zero-order valence-electron chi connectivity index (χ0n) is 6.75. The van der Waals surface area contributed by atoms with Gasteiger partial charge in [-0.05, 0) is 6.92 Å². The Kier molecular flexibility index (Phi) is 2.03.